The zero-order valence-corrected chi connectivity index (χ0v) is 40.9. The first-order valence-electron chi connectivity index (χ1n) is 26.5. The molecule has 1 radical (unpaired) electrons. The molecule has 0 bridgehead atoms. The Morgan fingerprint density at radius 1 is 0.263 bits per heavy atom. The van der Waals surface area contributed by atoms with Gasteiger partial charge in [0.15, 0.2) is 0 Å². The Kier molecular flexibility index (Phi) is 45.3. The van der Waals surface area contributed by atoms with Crippen LogP contribution in [0.3, 0.4) is 0 Å². The average Bonchev–Trinajstić information content (AvgIpc) is 3.21. The van der Waals surface area contributed by atoms with Gasteiger partial charge in [0.2, 0.25) is 0 Å². The molecule has 0 unspecified atom stereocenters. The summed E-state index contributed by atoms with van der Waals surface area (Å²) in [6.07, 6.45) is 64.0. The van der Waals surface area contributed by atoms with Gasteiger partial charge in [-0.25, -0.2) is 0 Å². The van der Waals surface area contributed by atoms with Crippen LogP contribution in [-0.4, -0.2) is 11.5 Å². The van der Waals surface area contributed by atoms with Crippen molar-refractivity contribution >= 4 is 23.5 Å². The quantitative estimate of drug-likeness (QED) is 0.0474. The highest BCUT2D eigenvalue weighted by Crippen LogP contribution is 2.29. The van der Waals surface area contributed by atoms with Crippen LogP contribution in [0, 0.1) is 6.92 Å². The summed E-state index contributed by atoms with van der Waals surface area (Å²) in [6, 6.07) is 7.03. The van der Waals surface area contributed by atoms with E-state index in [4.69, 9.17) is 0 Å². The molecular formula is C55H103S2. The fourth-order valence-corrected chi connectivity index (χ4v) is 10.7. The highest BCUT2D eigenvalue weighted by molar-refractivity contribution is 8.00. The number of benzene rings is 1. The molecule has 2 heteroatoms. The van der Waals surface area contributed by atoms with Crippen molar-refractivity contribution in [3.8, 4) is 0 Å². The second-order valence-electron chi connectivity index (χ2n) is 18.4. The van der Waals surface area contributed by atoms with E-state index in [1.165, 1.54) is 309 Å². The second kappa shape index (κ2) is 47.0. The Morgan fingerprint density at radius 2 is 0.439 bits per heavy atom. The standard InChI is InChI=1S/C55H103S2/c1-4-6-8-10-12-14-16-18-20-22-24-26-28-30-32-34-36-38-40-42-44-46-48-56-54-50-53(3)51-55(52-54)57-49-47-45-43-41-39-37-35-33-31-29-27-25-23-21-19-17-15-13-11-9-7-5-2/h50-52H,3-49H2,1-2H3. The summed E-state index contributed by atoms with van der Waals surface area (Å²) in [5, 5.41) is 0. The SMILES string of the molecule is [CH2]c1cc(SCCCCCCCCCCCCCCCCCCCCCCCC)cc(SCCCCCCCCCCCCCCCCCCCCCCCC)c1. The van der Waals surface area contributed by atoms with Crippen LogP contribution in [0.1, 0.15) is 302 Å². The number of rotatable bonds is 48. The van der Waals surface area contributed by atoms with Gasteiger partial charge in [-0.05, 0) is 55.0 Å². The van der Waals surface area contributed by atoms with Crippen molar-refractivity contribution in [1.29, 1.82) is 0 Å². The minimum absolute atomic E-state index is 1.19. The molecule has 0 saturated carbocycles. The molecule has 0 heterocycles. The van der Waals surface area contributed by atoms with Crippen LogP contribution < -0.4 is 0 Å². The van der Waals surface area contributed by atoms with E-state index < -0.39 is 0 Å². The molecule has 0 aliphatic heterocycles. The summed E-state index contributed by atoms with van der Waals surface area (Å²) in [5.41, 5.74) is 1.19. The van der Waals surface area contributed by atoms with Crippen LogP contribution in [0.5, 0.6) is 0 Å². The van der Waals surface area contributed by atoms with Gasteiger partial charge in [-0.15, -0.1) is 23.5 Å². The van der Waals surface area contributed by atoms with Gasteiger partial charge in [-0.3, -0.25) is 0 Å². The minimum atomic E-state index is 1.19. The van der Waals surface area contributed by atoms with E-state index in [0.29, 0.717) is 0 Å². The van der Waals surface area contributed by atoms with Crippen LogP contribution >= 0.6 is 23.5 Å². The zero-order chi connectivity index (χ0) is 40.8. The van der Waals surface area contributed by atoms with Crippen molar-refractivity contribution < 1.29 is 0 Å². The fourth-order valence-electron chi connectivity index (χ4n) is 8.60. The Balaban J connectivity index is 1.82. The van der Waals surface area contributed by atoms with Gasteiger partial charge < -0.3 is 0 Å². The van der Waals surface area contributed by atoms with E-state index in [0.717, 1.165) is 0 Å². The predicted octanol–water partition coefficient (Wildman–Crippen LogP) is 21.3. The van der Waals surface area contributed by atoms with E-state index in [-0.39, 0.29) is 0 Å². The molecule has 0 atom stereocenters. The second-order valence-corrected chi connectivity index (χ2v) is 20.7. The van der Waals surface area contributed by atoms with Gasteiger partial charge in [0.25, 0.3) is 0 Å². The molecule has 1 aromatic rings. The number of hydrogen-bond donors (Lipinski definition) is 0. The van der Waals surface area contributed by atoms with Crippen molar-refractivity contribution in [2.75, 3.05) is 11.5 Å². The Labute approximate surface area is 370 Å². The first-order chi connectivity index (χ1) is 28.3. The maximum atomic E-state index is 4.30. The normalized spacial score (nSPS) is 11.6. The number of thioether (sulfide) groups is 2. The molecule has 0 fully saturated rings. The van der Waals surface area contributed by atoms with Crippen LogP contribution in [0.2, 0.25) is 0 Å². The van der Waals surface area contributed by atoms with Gasteiger partial charge in [0.1, 0.15) is 0 Å². The van der Waals surface area contributed by atoms with Crippen molar-refractivity contribution in [2.45, 2.75) is 306 Å². The lowest BCUT2D eigenvalue weighted by Crippen LogP contribution is -1.87. The van der Waals surface area contributed by atoms with Crippen LogP contribution in [0.15, 0.2) is 28.0 Å². The van der Waals surface area contributed by atoms with Gasteiger partial charge >= 0.3 is 0 Å². The maximum Gasteiger partial charge on any atom is 0.00858 e. The summed E-state index contributed by atoms with van der Waals surface area (Å²) in [4.78, 5) is 2.87. The highest BCUT2D eigenvalue weighted by atomic mass is 32.2. The third-order valence-electron chi connectivity index (χ3n) is 12.5. The molecule has 335 valence electrons. The molecule has 0 aliphatic carbocycles. The predicted molar refractivity (Wildman–Crippen MR) is 267 cm³/mol. The third kappa shape index (κ3) is 42.4. The van der Waals surface area contributed by atoms with Crippen LogP contribution in [0.4, 0.5) is 0 Å². The Morgan fingerprint density at radius 3 is 0.632 bits per heavy atom. The molecule has 1 aromatic carbocycles. The van der Waals surface area contributed by atoms with Crippen LogP contribution in [0.25, 0.3) is 0 Å². The number of hydrogen-bond acceptors (Lipinski definition) is 2. The molecule has 0 saturated heterocycles. The van der Waals surface area contributed by atoms with E-state index in [2.05, 4.69) is 62.5 Å². The van der Waals surface area contributed by atoms with E-state index in [1.807, 2.05) is 0 Å². The molecule has 0 nitrogen and oxygen atoms in total. The molecule has 0 N–H and O–H groups in total. The molecule has 1 rings (SSSR count). The monoisotopic (exact) mass is 828 g/mol. The van der Waals surface area contributed by atoms with Gasteiger partial charge in [0.05, 0.1) is 0 Å². The molecular weight excluding hydrogens is 725 g/mol. The largest absolute Gasteiger partial charge is 0.126 e. The fraction of sp³-hybridized carbons (Fsp3) is 0.873. The van der Waals surface area contributed by atoms with Gasteiger partial charge in [0, 0.05) is 9.79 Å². The highest BCUT2D eigenvalue weighted by Gasteiger charge is 2.03. The lowest BCUT2D eigenvalue weighted by Gasteiger charge is -2.08. The third-order valence-corrected chi connectivity index (χ3v) is 14.6. The summed E-state index contributed by atoms with van der Waals surface area (Å²) in [5.74, 6) is 2.51. The lowest BCUT2D eigenvalue weighted by molar-refractivity contribution is 0.520. The first-order valence-corrected chi connectivity index (χ1v) is 28.5. The van der Waals surface area contributed by atoms with Crippen molar-refractivity contribution in [1.82, 2.24) is 0 Å². The summed E-state index contributed by atoms with van der Waals surface area (Å²) >= 11 is 4.11. The Bertz CT molecular complexity index is 826. The molecule has 0 spiro atoms. The van der Waals surface area contributed by atoms with Crippen molar-refractivity contribution in [2.24, 2.45) is 0 Å². The van der Waals surface area contributed by atoms with Crippen molar-refractivity contribution in [3.63, 3.8) is 0 Å². The van der Waals surface area contributed by atoms with Gasteiger partial charge in [-0.1, -0.05) is 284 Å². The minimum Gasteiger partial charge on any atom is -0.126 e. The van der Waals surface area contributed by atoms with Crippen LogP contribution in [-0.2, 0) is 0 Å². The van der Waals surface area contributed by atoms with Gasteiger partial charge in [-0.2, -0.15) is 0 Å². The maximum absolute atomic E-state index is 4.30. The first kappa shape index (κ1) is 54.9. The average molecular weight is 829 g/mol. The van der Waals surface area contributed by atoms with E-state index >= 15 is 0 Å². The zero-order valence-electron chi connectivity index (χ0n) is 39.3. The van der Waals surface area contributed by atoms with E-state index in [9.17, 15) is 0 Å². The summed E-state index contributed by atoms with van der Waals surface area (Å²) < 4.78 is 0. The van der Waals surface area contributed by atoms with Crippen molar-refractivity contribution in [3.05, 3.63) is 30.7 Å². The smallest absolute Gasteiger partial charge is 0.00858 e. The molecule has 0 amide bonds. The molecule has 0 aliphatic rings. The number of unbranched alkanes of at least 4 members (excludes halogenated alkanes) is 42. The summed E-state index contributed by atoms with van der Waals surface area (Å²) in [7, 11) is 0. The summed E-state index contributed by atoms with van der Waals surface area (Å²) in [6.45, 7) is 8.92. The molecule has 57 heavy (non-hydrogen) atoms. The Hall–Kier alpha value is -0.0800. The molecule has 0 aromatic heterocycles. The lowest BCUT2D eigenvalue weighted by atomic mass is 10.0. The van der Waals surface area contributed by atoms with E-state index in [1.54, 1.807) is 0 Å². The topological polar surface area (TPSA) is 0 Å².